The molecule has 0 radical (unpaired) electrons. The highest BCUT2D eigenvalue weighted by Gasteiger charge is 2.38. The lowest BCUT2D eigenvalue weighted by Gasteiger charge is -2.40. The second kappa shape index (κ2) is 15.3. The Kier molecular flexibility index (Phi) is 9.96. The summed E-state index contributed by atoms with van der Waals surface area (Å²) in [6.45, 7) is 11.7. The van der Waals surface area contributed by atoms with Gasteiger partial charge in [0.05, 0.1) is 7.11 Å². The van der Waals surface area contributed by atoms with Crippen molar-refractivity contribution in [1.82, 2.24) is 15.1 Å². The van der Waals surface area contributed by atoms with Crippen LogP contribution in [-0.2, 0) is 17.8 Å². The second-order valence-corrected chi connectivity index (χ2v) is 16.5. The number of piperazine rings is 1. The fraction of sp³-hybridized carbons (Fsp3) is 0.404. The van der Waals surface area contributed by atoms with Gasteiger partial charge in [-0.3, -0.25) is 14.5 Å². The van der Waals surface area contributed by atoms with Crippen LogP contribution in [0.4, 0.5) is 11.4 Å². The van der Waals surface area contributed by atoms with Gasteiger partial charge in [0, 0.05) is 80.9 Å². The van der Waals surface area contributed by atoms with Gasteiger partial charge >= 0.3 is 0 Å². The summed E-state index contributed by atoms with van der Waals surface area (Å²) in [7, 11) is 1.71. The zero-order chi connectivity index (χ0) is 38.3. The van der Waals surface area contributed by atoms with E-state index in [0.29, 0.717) is 37.0 Å². The number of aryl methyl sites for hydroxylation is 1. The van der Waals surface area contributed by atoms with Crippen LogP contribution in [0.1, 0.15) is 82.1 Å². The van der Waals surface area contributed by atoms with Gasteiger partial charge in [0.1, 0.15) is 17.5 Å². The van der Waals surface area contributed by atoms with Crippen LogP contribution in [-0.4, -0.2) is 85.7 Å². The molecule has 5 aliphatic rings. The van der Waals surface area contributed by atoms with E-state index in [1.165, 1.54) is 46.5 Å². The first-order chi connectivity index (χ1) is 27.3. The largest absolute Gasteiger partial charge is 0.508 e. The van der Waals surface area contributed by atoms with Gasteiger partial charge in [-0.05, 0) is 133 Å². The predicted molar refractivity (Wildman–Crippen MR) is 221 cm³/mol. The summed E-state index contributed by atoms with van der Waals surface area (Å²) in [5.74, 6) is 2.33. The van der Waals surface area contributed by atoms with Crippen molar-refractivity contribution in [3.8, 4) is 11.5 Å². The van der Waals surface area contributed by atoms with Crippen molar-refractivity contribution in [2.75, 3.05) is 62.7 Å². The molecule has 2 amide bonds. The number of piperidine rings is 2. The zero-order valence-electron chi connectivity index (χ0n) is 32.5. The van der Waals surface area contributed by atoms with Gasteiger partial charge in [0.15, 0.2) is 0 Å². The predicted octanol–water partition coefficient (Wildman–Crippen LogP) is 7.05. The molecule has 1 unspecified atom stereocenters. The van der Waals surface area contributed by atoms with Gasteiger partial charge in [-0.15, -0.1) is 0 Å². The molecule has 4 heterocycles. The number of ether oxygens (including phenoxy) is 1. The number of rotatable bonds is 8. The number of carbonyl (C=O) groups is 2. The quantitative estimate of drug-likeness (QED) is 0.200. The van der Waals surface area contributed by atoms with Crippen LogP contribution in [0.2, 0.25) is 0 Å². The molecule has 9 nitrogen and oxygen atoms in total. The van der Waals surface area contributed by atoms with Crippen LogP contribution < -0.4 is 19.9 Å². The molecular formula is C47H53N5O4. The summed E-state index contributed by atoms with van der Waals surface area (Å²) in [6, 6.07) is 29.6. The number of carbonyl (C=O) groups excluding carboxylic acids is 2. The number of anilines is 2. The number of allylic oxidation sites excluding steroid dienone is 1. The van der Waals surface area contributed by atoms with E-state index in [9.17, 15) is 14.7 Å². The Balaban J connectivity index is 0.785. The van der Waals surface area contributed by atoms with E-state index in [1.807, 2.05) is 18.2 Å². The number of amides is 2. The molecule has 3 saturated heterocycles. The molecule has 1 aliphatic carbocycles. The first-order valence-electron chi connectivity index (χ1n) is 20.5. The number of nitrogens with one attached hydrogen (secondary N) is 1. The molecule has 9 heteroatoms. The van der Waals surface area contributed by atoms with E-state index >= 15 is 0 Å². The maximum atomic E-state index is 13.2. The third-order valence-electron chi connectivity index (χ3n) is 13.2. The van der Waals surface area contributed by atoms with Crippen molar-refractivity contribution in [3.05, 3.63) is 131 Å². The monoisotopic (exact) mass is 751 g/mol. The van der Waals surface area contributed by atoms with Crippen LogP contribution in [0.25, 0.3) is 0 Å². The Labute approximate surface area is 330 Å². The first kappa shape index (κ1) is 36.4. The number of benzene rings is 4. The van der Waals surface area contributed by atoms with Gasteiger partial charge in [-0.1, -0.05) is 36.9 Å². The fourth-order valence-corrected chi connectivity index (χ4v) is 10.1. The Morgan fingerprint density at radius 2 is 1.46 bits per heavy atom. The standard InChI is InChI=1S/C47H53N5O4/c1-31-3-18-44(46(54)48-31)52-30-36-27-38(11-16-43(36)47(52)55)51-25-23-49(24-26-51)29-32-19-21-50(22-20-32)37-9-4-34(5-10-37)45-41(33-6-13-40(56-2)14-7-33)15-8-35-28-39(53)12-17-42(35)45/h4-7,9-14,16-17,27-28,32,41,44-45,53H,1,3,8,15,18-26,29-30H2,2H3,(H,48,54)/t41-,44?,45+/m1/s1. The number of phenolic OH excluding ortho intramolecular Hbond substituents is 1. The molecule has 0 saturated carbocycles. The van der Waals surface area contributed by atoms with Crippen molar-refractivity contribution in [3.63, 3.8) is 0 Å². The second-order valence-electron chi connectivity index (χ2n) is 16.5. The lowest BCUT2D eigenvalue weighted by molar-refractivity contribution is -0.126. The van der Waals surface area contributed by atoms with E-state index in [0.717, 1.165) is 81.2 Å². The van der Waals surface area contributed by atoms with Crippen LogP contribution >= 0.6 is 0 Å². The third kappa shape index (κ3) is 7.13. The minimum atomic E-state index is -0.429. The Morgan fingerprint density at radius 1 is 0.750 bits per heavy atom. The lowest BCUT2D eigenvalue weighted by Crippen LogP contribution is -2.49. The molecule has 9 rings (SSSR count). The number of hydrogen-bond donors (Lipinski definition) is 2. The molecule has 3 fully saturated rings. The van der Waals surface area contributed by atoms with Crippen molar-refractivity contribution >= 4 is 23.2 Å². The number of hydrogen-bond acceptors (Lipinski definition) is 7. The van der Waals surface area contributed by atoms with Crippen LogP contribution in [0, 0.1) is 5.92 Å². The molecule has 4 aromatic rings. The highest BCUT2D eigenvalue weighted by Crippen LogP contribution is 2.47. The van der Waals surface area contributed by atoms with Gasteiger partial charge in [0.2, 0.25) is 5.91 Å². The van der Waals surface area contributed by atoms with Crippen molar-refractivity contribution < 1.29 is 19.4 Å². The Bertz CT molecular complexity index is 2100. The Hall–Kier alpha value is -5.28. The fourth-order valence-electron chi connectivity index (χ4n) is 10.1. The van der Waals surface area contributed by atoms with Gasteiger partial charge in [0.25, 0.3) is 5.91 Å². The SMILES string of the molecule is C=C1CCC(N2Cc3cc(N4CCN(CC5CCN(c6ccc([C@@H]7c8ccc(O)cc8CC[C@@H]7c7ccc(OC)cc7)cc6)CC5)CC4)ccc3C2=O)C(=O)N1. The number of aromatic hydroxyl groups is 1. The third-order valence-corrected chi connectivity index (χ3v) is 13.2. The van der Waals surface area contributed by atoms with E-state index in [2.05, 4.69) is 93.3 Å². The molecule has 3 atom stereocenters. The van der Waals surface area contributed by atoms with E-state index in [1.54, 1.807) is 12.0 Å². The first-order valence-corrected chi connectivity index (χ1v) is 20.5. The molecule has 4 aromatic carbocycles. The van der Waals surface area contributed by atoms with Crippen LogP contribution in [0.3, 0.4) is 0 Å². The van der Waals surface area contributed by atoms with E-state index in [4.69, 9.17) is 4.74 Å². The summed E-state index contributed by atoms with van der Waals surface area (Å²) in [5, 5.41) is 13.1. The molecule has 0 bridgehead atoms. The van der Waals surface area contributed by atoms with Gasteiger partial charge in [-0.25, -0.2) is 0 Å². The van der Waals surface area contributed by atoms with Crippen molar-refractivity contribution in [2.24, 2.45) is 5.92 Å². The normalized spacial score (nSPS) is 23.2. The van der Waals surface area contributed by atoms with Crippen molar-refractivity contribution in [1.29, 1.82) is 0 Å². The maximum Gasteiger partial charge on any atom is 0.255 e. The van der Waals surface area contributed by atoms with Crippen LogP contribution in [0.5, 0.6) is 11.5 Å². The van der Waals surface area contributed by atoms with Crippen LogP contribution in [0.15, 0.2) is 97.2 Å². The molecule has 0 aromatic heterocycles. The molecule has 0 spiro atoms. The van der Waals surface area contributed by atoms with E-state index in [-0.39, 0.29) is 17.7 Å². The zero-order valence-corrected chi connectivity index (χ0v) is 32.5. The smallest absolute Gasteiger partial charge is 0.255 e. The molecule has 2 N–H and O–H groups in total. The summed E-state index contributed by atoms with van der Waals surface area (Å²) in [4.78, 5) is 35.2. The Morgan fingerprint density at radius 3 is 2.20 bits per heavy atom. The highest BCUT2D eigenvalue weighted by atomic mass is 16.5. The summed E-state index contributed by atoms with van der Waals surface area (Å²) < 4.78 is 5.45. The summed E-state index contributed by atoms with van der Waals surface area (Å²) in [6.07, 6.45) is 5.72. The number of fused-ring (bicyclic) bond motifs is 2. The highest BCUT2D eigenvalue weighted by molar-refractivity contribution is 6.01. The number of methoxy groups -OCH3 is 1. The molecule has 56 heavy (non-hydrogen) atoms. The lowest BCUT2D eigenvalue weighted by atomic mass is 9.69. The molecule has 4 aliphatic heterocycles. The molecule has 290 valence electrons. The summed E-state index contributed by atoms with van der Waals surface area (Å²) >= 11 is 0. The maximum absolute atomic E-state index is 13.2. The van der Waals surface area contributed by atoms with Gasteiger partial charge < -0.3 is 29.9 Å². The molecular weight excluding hydrogens is 699 g/mol. The topological polar surface area (TPSA) is 88.6 Å². The van der Waals surface area contributed by atoms with Crippen molar-refractivity contribution in [2.45, 2.75) is 62.9 Å². The van der Waals surface area contributed by atoms with Gasteiger partial charge in [-0.2, -0.15) is 0 Å². The number of nitrogens with zero attached hydrogens (tertiary/aromatic N) is 4. The number of phenols is 1. The average molecular weight is 752 g/mol. The average Bonchev–Trinajstić information content (AvgIpc) is 3.55. The minimum Gasteiger partial charge on any atom is -0.508 e. The minimum absolute atomic E-state index is 0.0425. The summed E-state index contributed by atoms with van der Waals surface area (Å²) in [5.41, 5.74) is 10.2. The van der Waals surface area contributed by atoms with E-state index < -0.39 is 6.04 Å².